The molecule has 1 spiro atoms. The SMILES string of the molecule is Cc1cc(NC(=O)c2ccc(NSC(C)CO)cc2N2CCC3(CC2)CC3)nc(N2CCC(F)(F)CC2)c1. The first kappa shape index (κ1) is 27.0. The van der Waals surface area contributed by atoms with Crippen LogP contribution in [0.1, 0.15) is 61.4 Å². The van der Waals surface area contributed by atoms with E-state index in [4.69, 9.17) is 0 Å². The molecule has 1 amide bonds. The molecule has 38 heavy (non-hydrogen) atoms. The Kier molecular flexibility index (Phi) is 7.73. The molecular formula is C28H37F2N5O2S. The molecule has 1 unspecified atom stereocenters. The molecule has 1 saturated carbocycles. The summed E-state index contributed by atoms with van der Waals surface area (Å²) in [5, 5.41) is 12.4. The summed E-state index contributed by atoms with van der Waals surface area (Å²) in [6.45, 7) is 6.23. The van der Waals surface area contributed by atoms with E-state index in [0.717, 1.165) is 42.9 Å². The van der Waals surface area contributed by atoms with Crippen molar-refractivity contribution in [1.82, 2.24) is 4.98 Å². The van der Waals surface area contributed by atoms with Gasteiger partial charge in [-0.05, 0) is 92.8 Å². The number of nitrogens with zero attached hydrogens (tertiary/aromatic N) is 3. The summed E-state index contributed by atoms with van der Waals surface area (Å²) in [7, 11) is 0. The highest BCUT2D eigenvalue weighted by molar-refractivity contribution is 8.01. The Hall–Kier alpha value is -2.59. The Morgan fingerprint density at radius 3 is 2.39 bits per heavy atom. The topological polar surface area (TPSA) is 80.7 Å². The number of hydrogen-bond donors (Lipinski definition) is 3. The monoisotopic (exact) mass is 545 g/mol. The van der Waals surface area contributed by atoms with E-state index in [9.17, 15) is 18.7 Å². The molecule has 1 atom stereocenters. The van der Waals surface area contributed by atoms with Gasteiger partial charge in [0.15, 0.2) is 0 Å². The van der Waals surface area contributed by atoms with Gasteiger partial charge in [-0.15, -0.1) is 0 Å². The molecule has 206 valence electrons. The second-order valence-electron chi connectivity index (χ2n) is 11.1. The van der Waals surface area contributed by atoms with Crippen LogP contribution in [-0.4, -0.2) is 60.0 Å². The molecule has 7 nitrogen and oxygen atoms in total. The van der Waals surface area contributed by atoms with Crippen LogP contribution in [0.15, 0.2) is 30.3 Å². The number of halogens is 2. The van der Waals surface area contributed by atoms with Crippen molar-refractivity contribution in [2.75, 3.05) is 52.6 Å². The Morgan fingerprint density at radius 1 is 1.05 bits per heavy atom. The molecule has 2 aromatic rings. The lowest BCUT2D eigenvalue weighted by Crippen LogP contribution is -2.39. The fourth-order valence-electron chi connectivity index (χ4n) is 5.27. The van der Waals surface area contributed by atoms with Crippen LogP contribution in [0.25, 0.3) is 0 Å². The van der Waals surface area contributed by atoms with Crippen molar-refractivity contribution in [3.8, 4) is 0 Å². The summed E-state index contributed by atoms with van der Waals surface area (Å²) in [4.78, 5) is 22.3. The maximum Gasteiger partial charge on any atom is 0.258 e. The van der Waals surface area contributed by atoms with Crippen LogP contribution in [-0.2, 0) is 0 Å². The van der Waals surface area contributed by atoms with Crippen molar-refractivity contribution in [3.05, 3.63) is 41.5 Å². The second kappa shape index (κ2) is 10.9. The van der Waals surface area contributed by atoms with Crippen molar-refractivity contribution in [3.63, 3.8) is 0 Å². The second-order valence-corrected chi connectivity index (χ2v) is 12.4. The predicted molar refractivity (Wildman–Crippen MR) is 151 cm³/mol. The predicted octanol–water partition coefficient (Wildman–Crippen LogP) is 5.70. The number of aryl methyl sites for hydroxylation is 1. The van der Waals surface area contributed by atoms with E-state index < -0.39 is 5.92 Å². The lowest BCUT2D eigenvalue weighted by molar-refractivity contribution is -0.0221. The van der Waals surface area contributed by atoms with Crippen LogP contribution in [0.2, 0.25) is 0 Å². The number of rotatable bonds is 8. The first-order valence-electron chi connectivity index (χ1n) is 13.5. The Bertz CT molecular complexity index is 1160. The summed E-state index contributed by atoms with van der Waals surface area (Å²) < 4.78 is 30.6. The number of aromatic nitrogens is 1. The van der Waals surface area contributed by atoms with Gasteiger partial charge in [0.1, 0.15) is 11.6 Å². The molecule has 1 aromatic heterocycles. The van der Waals surface area contributed by atoms with Crippen molar-refractivity contribution >= 4 is 40.9 Å². The molecule has 5 rings (SSSR count). The molecule has 3 fully saturated rings. The van der Waals surface area contributed by atoms with Crippen LogP contribution in [0.3, 0.4) is 0 Å². The average Bonchev–Trinajstić information content (AvgIpc) is 3.65. The zero-order valence-corrected chi connectivity index (χ0v) is 22.9. The minimum atomic E-state index is -2.63. The number of nitrogens with one attached hydrogen (secondary N) is 2. The third-order valence-electron chi connectivity index (χ3n) is 8.02. The number of carbonyl (C=O) groups excluding carboxylic acids is 1. The lowest BCUT2D eigenvalue weighted by Gasteiger charge is -2.35. The average molecular weight is 546 g/mol. The summed E-state index contributed by atoms with van der Waals surface area (Å²) >= 11 is 1.45. The van der Waals surface area contributed by atoms with Crippen LogP contribution < -0.4 is 19.8 Å². The van der Waals surface area contributed by atoms with Gasteiger partial charge in [0.2, 0.25) is 0 Å². The first-order valence-corrected chi connectivity index (χ1v) is 14.4. The molecule has 0 bridgehead atoms. The summed E-state index contributed by atoms with van der Waals surface area (Å²) in [6.07, 6.45) is 4.50. The minimum absolute atomic E-state index is 0.0406. The summed E-state index contributed by atoms with van der Waals surface area (Å²) in [5.41, 5.74) is 3.76. The highest BCUT2D eigenvalue weighted by Crippen LogP contribution is 2.54. The lowest BCUT2D eigenvalue weighted by atomic mass is 9.93. The molecule has 3 heterocycles. The Morgan fingerprint density at radius 2 is 1.74 bits per heavy atom. The Balaban J connectivity index is 1.35. The van der Waals surface area contributed by atoms with Gasteiger partial charge in [-0.2, -0.15) is 0 Å². The van der Waals surface area contributed by atoms with Gasteiger partial charge in [-0.1, -0.05) is 0 Å². The molecule has 3 aliphatic rings. The largest absolute Gasteiger partial charge is 0.395 e. The number of aliphatic hydroxyl groups is 1. The number of pyridine rings is 1. The van der Waals surface area contributed by atoms with Crippen molar-refractivity contribution in [2.45, 2.75) is 63.5 Å². The normalized spacial score (nSPS) is 20.8. The minimum Gasteiger partial charge on any atom is -0.395 e. The van der Waals surface area contributed by atoms with E-state index >= 15 is 0 Å². The maximum absolute atomic E-state index is 13.7. The number of carbonyl (C=O) groups is 1. The van der Waals surface area contributed by atoms with E-state index in [2.05, 4.69) is 19.9 Å². The van der Waals surface area contributed by atoms with Crippen molar-refractivity contribution in [1.29, 1.82) is 0 Å². The van der Waals surface area contributed by atoms with E-state index in [0.29, 0.717) is 22.6 Å². The summed E-state index contributed by atoms with van der Waals surface area (Å²) in [6, 6.07) is 9.41. The molecule has 2 aliphatic heterocycles. The smallest absolute Gasteiger partial charge is 0.258 e. The van der Waals surface area contributed by atoms with Crippen molar-refractivity contribution < 1.29 is 18.7 Å². The van der Waals surface area contributed by atoms with Crippen LogP contribution >= 0.6 is 11.9 Å². The van der Waals surface area contributed by atoms with E-state index in [1.165, 1.54) is 24.8 Å². The first-order chi connectivity index (χ1) is 18.2. The van der Waals surface area contributed by atoms with Gasteiger partial charge in [0.25, 0.3) is 11.8 Å². The number of amides is 1. The van der Waals surface area contributed by atoms with Gasteiger partial charge in [0.05, 0.1) is 17.9 Å². The van der Waals surface area contributed by atoms with Crippen LogP contribution in [0.5, 0.6) is 0 Å². The van der Waals surface area contributed by atoms with Gasteiger partial charge in [0, 0.05) is 50.0 Å². The van der Waals surface area contributed by atoms with Gasteiger partial charge < -0.3 is 24.9 Å². The molecule has 0 radical (unpaired) electrons. The van der Waals surface area contributed by atoms with E-state index in [1.807, 2.05) is 43.0 Å². The maximum atomic E-state index is 13.7. The number of aliphatic hydroxyl groups excluding tert-OH is 1. The van der Waals surface area contributed by atoms with Crippen LogP contribution in [0, 0.1) is 12.3 Å². The molecular weight excluding hydrogens is 508 g/mol. The highest BCUT2D eigenvalue weighted by atomic mass is 32.2. The Labute approximate surface area is 227 Å². The molecule has 2 saturated heterocycles. The molecule has 10 heteroatoms. The van der Waals surface area contributed by atoms with Crippen LogP contribution in [0.4, 0.5) is 31.8 Å². The quantitative estimate of drug-likeness (QED) is 0.367. The molecule has 1 aliphatic carbocycles. The van der Waals surface area contributed by atoms with E-state index in [-0.39, 0.29) is 43.7 Å². The van der Waals surface area contributed by atoms with Gasteiger partial charge in [-0.3, -0.25) is 4.79 Å². The summed E-state index contributed by atoms with van der Waals surface area (Å²) in [5.74, 6) is -1.85. The third kappa shape index (κ3) is 6.34. The number of alkyl halides is 2. The number of hydrogen-bond acceptors (Lipinski definition) is 7. The standard InChI is InChI=1S/C28H37F2N5O2S/c1-19-15-24(31-25(16-19)35-13-9-28(29,30)10-14-35)32-26(37)22-4-3-21(33-38-20(2)18-36)17-23(22)34-11-7-27(5-6-27)8-12-34/h3-4,15-17,20,33,36H,5-14,18H2,1-2H3,(H,31,32,37). The zero-order valence-electron chi connectivity index (χ0n) is 22.1. The zero-order chi connectivity index (χ0) is 26.9. The molecule has 1 aromatic carbocycles. The van der Waals surface area contributed by atoms with Crippen molar-refractivity contribution in [2.24, 2.45) is 5.41 Å². The van der Waals surface area contributed by atoms with Gasteiger partial charge in [-0.25, -0.2) is 13.8 Å². The fraction of sp³-hybridized carbons (Fsp3) is 0.571. The van der Waals surface area contributed by atoms with E-state index in [1.54, 1.807) is 6.07 Å². The highest BCUT2D eigenvalue weighted by Gasteiger charge is 2.44. The third-order valence-corrected chi connectivity index (χ3v) is 8.92. The number of piperidine rings is 2. The fourth-order valence-corrected chi connectivity index (χ4v) is 5.81. The number of anilines is 4. The van der Waals surface area contributed by atoms with Gasteiger partial charge >= 0.3 is 0 Å². The molecule has 3 N–H and O–H groups in total. The number of benzene rings is 1.